The number of carbonyl (C=O) groups is 1. The molecule has 0 aliphatic rings. The number of carbonyl (C=O) groups excluding carboxylic acids is 1. The summed E-state index contributed by atoms with van der Waals surface area (Å²) < 4.78 is 0. The quantitative estimate of drug-likeness (QED) is 0.870. The molecule has 0 aliphatic heterocycles. The third-order valence-corrected chi connectivity index (χ3v) is 2.95. The van der Waals surface area contributed by atoms with E-state index >= 15 is 0 Å². The van der Waals surface area contributed by atoms with Gasteiger partial charge >= 0.3 is 0 Å². The molecule has 2 rings (SSSR count). The van der Waals surface area contributed by atoms with E-state index in [0.29, 0.717) is 15.7 Å². The number of nitrogens with one attached hydrogen (secondary N) is 1. The van der Waals surface area contributed by atoms with Crippen LogP contribution in [0.1, 0.15) is 15.9 Å². The van der Waals surface area contributed by atoms with Crippen LogP contribution in [0.2, 0.25) is 10.0 Å². The van der Waals surface area contributed by atoms with E-state index in [4.69, 9.17) is 23.2 Å². The Morgan fingerprint density at radius 2 is 1.74 bits per heavy atom. The maximum Gasteiger partial charge on any atom is 0.259 e. The second-order valence-electron chi connectivity index (χ2n) is 4.13. The highest BCUT2D eigenvalue weighted by molar-refractivity contribution is 6.35. The Morgan fingerprint density at radius 1 is 1.11 bits per heavy atom. The molecule has 0 spiro atoms. The standard InChI is InChI=1S/C14H11Cl2NO2/c1-8-2-3-12(13(18)4-8)14(19)17-11-6-9(15)5-10(16)7-11/h2-7,18H,1H3,(H,17,19). The van der Waals surface area contributed by atoms with E-state index in [1.54, 1.807) is 30.3 Å². The van der Waals surface area contributed by atoms with Gasteiger partial charge in [-0.25, -0.2) is 0 Å². The molecular weight excluding hydrogens is 285 g/mol. The number of amides is 1. The molecule has 2 aromatic carbocycles. The molecule has 0 unspecified atom stereocenters. The highest BCUT2D eigenvalue weighted by atomic mass is 35.5. The van der Waals surface area contributed by atoms with Gasteiger partial charge in [-0.2, -0.15) is 0 Å². The van der Waals surface area contributed by atoms with Gasteiger partial charge in [0.25, 0.3) is 5.91 Å². The van der Waals surface area contributed by atoms with Crippen LogP contribution in [-0.2, 0) is 0 Å². The number of hydrogen-bond acceptors (Lipinski definition) is 2. The monoisotopic (exact) mass is 295 g/mol. The van der Waals surface area contributed by atoms with Gasteiger partial charge in [0.15, 0.2) is 0 Å². The third kappa shape index (κ3) is 3.40. The summed E-state index contributed by atoms with van der Waals surface area (Å²) in [5, 5.41) is 13.2. The molecule has 19 heavy (non-hydrogen) atoms. The van der Waals surface area contributed by atoms with Crippen molar-refractivity contribution in [2.45, 2.75) is 6.92 Å². The van der Waals surface area contributed by atoms with E-state index in [1.807, 2.05) is 6.92 Å². The zero-order chi connectivity index (χ0) is 14.0. The van der Waals surface area contributed by atoms with E-state index in [9.17, 15) is 9.90 Å². The summed E-state index contributed by atoms with van der Waals surface area (Å²) in [4.78, 5) is 12.0. The van der Waals surface area contributed by atoms with Crippen molar-refractivity contribution in [3.63, 3.8) is 0 Å². The van der Waals surface area contributed by atoms with E-state index in [2.05, 4.69) is 5.32 Å². The molecular formula is C14H11Cl2NO2. The van der Waals surface area contributed by atoms with Crippen molar-refractivity contribution < 1.29 is 9.90 Å². The van der Waals surface area contributed by atoms with E-state index in [-0.39, 0.29) is 11.3 Å². The van der Waals surface area contributed by atoms with Crippen LogP contribution in [-0.4, -0.2) is 11.0 Å². The van der Waals surface area contributed by atoms with E-state index in [1.165, 1.54) is 6.07 Å². The number of hydrogen-bond donors (Lipinski definition) is 2. The van der Waals surface area contributed by atoms with Gasteiger partial charge in [-0.15, -0.1) is 0 Å². The molecule has 0 saturated carbocycles. The van der Waals surface area contributed by atoms with Crippen molar-refractivity contribution in [2.24, 2.45) is 0 Å². The Hall–Kier alpha value is -1.71. The Bertz CT molecular complexity index is 621. The molecule has 2 aromatic rings. The number of phenols is 1. The van der Waals surface area contributed by atoms with Crippen LogP contribution < -0.4 is 5.32 Å². The van der Waals surface area contributed by atoms with Crippen LogP contribution in [0.25, 0.3) is 0 Å². The summed E-state index contributed by atoms with van der Waals surface area (Å²) in [5.41, 5.74) is 1.55. The van der Waals surface area contributed by atoms with Crippen LogP contribution in [0.5, 0.6) is 5.75 Å². The lowest BCUT2D eigenvalue weighted by Crippen LogP contribution is -2.12. The maximum atomic E-state index is 12.0. The minimum atomic E-state index is -0.421. The van der Waals surface area contributed by atoms with Gasteiger partial charge in [-0.05, 0) is 42.8 Å². The SMILES string of the molecule is Cc1ccc(C(=O)Nc2cc(Cl)cc(Cl)c2)c(O)c1. The molecule has 0 bridgehead atoms. The van der Waals surface area contributed by atoms with E-state index in [0.717, 1.165) is 5.56 Å². The fourth-order valence-corrected chi connectivity index (χ4v) is 2.18. The smallest absolute Gasteiger partial charge is 0.259 e. The predicted octanol–water partition coefficient (Wildman–Crippen LogP) is 4.26. The Morgan fingerprint density at radius 3 is 2.32 bits per heavy atom. The summed E-state index contributed by atoms with van der Waals surface area (Å²) in [5.74, 6) is -0.485. The van der Waals surface area contributed by atoms with Crippen LogP contribution in [0.3, 0.4) is 0 Å². The number of phenolic OH excluding ortho intramolecular Hbond substituents is 1. The van der Waals surface area contributed by atoms with Crippen LogP contribution in [0.4, 0.5) is 5.69 Å². The third-order valence-electron chi connectivity index (χ3n) is 2.52. The first-order valence-corrected chi connectivity index (χ1v) is 6.28. The number of rotatable bonds is 2. The van der Waals surface area contributed by atoms with Gasteiger partial charge in [0, 0.05) is 15.7 Å². The minimum absolute atomic E-state index is 0.0642. The summed E-state index contributed by atoms with van der Waals surface area (Å²) in [6.45, 7) is 1.83. The topological polar surface area (TPSA) is 49.3 Å². The number of anilines is 1. The first-order chi connectivity index (χ1) is 8.95. The number of halogens is 2. The van der Waals surface area contributed by atoms with Crippen molar-refractivity contribution in [2.75, 3.05) is 5.32 Å². The Balaban J connectivity index is 2.25. The zero-order valence-corrected chi connectivity index (χ0v) is 11.6. The van der Waals surface area contributed by atoms with Crippen molar-refractivity contribution in [1.82, 2.24) is 0 Å². The molecule has 0 heterocycles. The second-order valence-corrected chi connectivity index (χ2v) is 5.01. The molecule has 0 atom stereocenters. The first kappa shape index (κ1) is 13.7. The van der Waals surface area contributed by atoms with E-state index < -0.39 is 5.91 Å². The molecule has 0 aromatic heterocycles. The minimum Gasteiger partial charge on any atom is -0.507 e. The molecule has 0 fully saturated rings. The summed E-state index contributed by atoms with van der Waals surface area (Å²) in [6.07, 6.45) is 0. The molecule has 0 aliphatic carbocycles. The van der Waals surface area contributed by atoms with Gasteiger partial charge in [0.2, 0.25) is 0 Å². The van der Waals surface area contributed by atoms with Crippen molar-refractivity contribution in [3.8, 4) is 5.75 Å². The molecule has 3 nitrogen and oxygen atoms in total. The number of aromatic hydroxyl groups is 1. The second kappa shape index (κ2) is 5.51. The van der Waals surface area contributed by atoms with Crippen LogP contribution in [0, 0.1) is 6.92 Å². The van der Waals surface area contributed by atoms with Gasteiger partial charge in [-0.3, -0.25) is 4.79 Å². The average Bonchev–Trinajstić information content (AvgIpc) is 2.26. The van der Waals surface area contributed by atoms with Crippen LogP contribution in [0.15, 0.2) is 36.4 Å². The molecule has 98 valence electrons. The largest absolute Gasteiger partial charge is 0.507 e. The van der Waals surface area contributed by atoms with Gasteiger partial charge in [0.1, 0.15) is 5.75 Å². The lowest BCUT2D eigenvalue weighted by atomic mass is 10.1. The van der Waals surface area contributed by atoms with Gasteiger partial charge < -0.3 is 10.4 Å². The number of benzene rings is 2. The van der Waals surface area contributed by atoms with Gasteiger partial charge in [0.05, 0.1) is 5.56 Å². The fourth-order valence-electron chi connectivity index (χ4n) is 1.66. The lowest BCUT2D eigenvalue weighted by molar-refractivity contribution is 0.102. The lowest BCUT2D eigenvalue weighted by Gasteiger charge is -2.08. The van der Waals surface area contributed by atoms with Crippen LogP contribution >= 0.6 is 23.2 Å². The van der Waals surface area contributed by atoms with Gasteiger partial charge in [-0.1, -0.05) is 29.3 Å². The molecule has 1 amide bonds. The summed E-state index contributed by atoms with van der Waals surface area (Å²) in [7, 11) is 0. The number of aryl methyl sites for hydroxylation is 1. The van der Waals surface area contributed by atoms with Crippen molar-refractivity contribution in [1.29, 1.82) is 0 Å². The Labute approximate surface area is 120 Å². The van der Waals surface area contributed by atoms with Crippen molar-refractivity contribution in [3.05, 3.63) is 57.6 Å². The first-order valence-electron chi connectivity index (χ1n) is 5.53. The molecule has 0 saturated heterocycles. The average molecular weight is 296 g/mol. The Kier molecular flexibility index (Phi) is 3.98. The predicted molar refractivity (Wildman–Crippen MR) is 77.3 cm³/mol. The maximum absolute atomic E-state index is 12.0. The normalized spacial score (nSPS) is 10.3. The molecule has 5 heteroatoms. The fraction of sp³-hybridized carbons (Fsp3) is 0.0714. The molecule has 0 radical (unpaired) electrons. The van der Waals surface area contributed by atoms with Crippen molar-refractivity contribution >= 4 is 34.8 Å². The summed E-state index contributed by atoms with van der Waals surface area (Å²) >= 11 is 11.7. The molecule has 2 N–H and O–H groups in total. The zero-order valence-electron chi connectivity index (χ0n) is 10.1. The highest BCUT2D eigenvalue weighted by Crippen LogP contribution is 2.24. The highest BCUT2D eigenvalue weighted by Gasteiger charge is 2.11. The summed E-state index contributed by atoms with van der Waals surface area (Å²) in [6, 6.07) is 9.57.